The van der Waals surface area contributed by atoms with E-state index in [1.807, 2.05) is 31.2 Å². The number of nitrogens with zero attached hydrogens (tertiary/aromatic N) is 1. The van der Waals surface area contributed by atoms with Gasteiger partial charge < -0.3 is 15.4 Å². The number of amides is 1. The van der Waals surface area contributed by atoms with E-state index >= 15 is 0 Å². The van der Waals surface area contributed by atoms with Gasteiger partial charge in [-0.2, -0.15) is 0 Å². The second kappa shape index (κ2) is 4.47. The lowest BCUT2D eigenvalue weighted by Gasteiger charge is -2.27. The van der Waals surface area contributed by atoms with Crippen LogP contribution in [0.25, 0.3) is 0 Å². The van der Waals surface area contributed by atoms with Crippen LogP contribution < -0.4 is 10.6 Å². The molecule has 1 atom stereocenters. The molecule has 4 heteroatoms. The van der Waals surface area contributed by atoms with Crippen LogP contribution in [0, 0.1) is 6.92 Å². The summed E-state index contributed by atoms with van der Waals surface area (Å²) in [6.45, 7) is 2.88. The van der Waals surface area contributed by atoms with E-state index in [4.69, 9.17) is 10.5 Å². The molecule has 4 nitrogen and oxygen atoms in total. The summed E-state index contributed by atoms with van der Waals surface area (Å²) in [5, 5.41) is 0. The maximum atomic E-state index is 12.3. The second-order valence-electron chi connectivity index (χ2n) is 4.66. The van der Waals surface area contributed by atoms with Crippen molar-refractivity contribution in [2.24, 2.45) is 5.73 Å². The van der Waals surface area contributed by atoms with E-state index in [0.29, 0.717) is 19.6 Å². The molecule has 0 bridgehead atoms. The molecule has 0 spiro atoms. The van der Waals surface area contributed by atoms with Gasteiger partial charge in [-0.1, -0.05) is 17.7 Å². The summed E-state index contributed by atoms with van der Waals surface area (Å²) in [6, 6.07) is 7.81. The van der Waals surface area contributed by atoms with Crippen LogP contribution >= 0.6 is 0 Å². The Bertz CT molecular complexity index is 408. The van der Waals surface area contributed by atoms with Crippen LogP contribution in [0.15, 0.2) is 24.3 Å². The number of hydrogen-bond acceptors (Lipinski definition) is 3. The smallest absolute Gasteiger partial charge is 0.249 e. The van der Waals surface area contributed by atoms with Crippen molar-refractivity contribution in [3.8, 4) is 0 Å². The van der Waals surface area contributed by atoms with Crippen molar-refractivity contribution in [3.05, 3.63) is 29.8 Å². The molecule has 1 saturated heterocycles. The van der Waals surface area contributed by atoms with Crippen LogP contribution in [-0.4, -0.2) is 31.7 Å². The van der Waals surface area contributed by atoms with Crippen molar-refractivity contribution < 1.29 is 9.53 Å². The van der Waals surface area contributed by atoms with Gasteiger partial charge in [0.15, 0.2) is 0 Å². The zero-order valence-electron chi connectivity index (χ0n) is 10.3. The van der Waals surface area contributed by atoms with E-state index in [1.165, 1.54) is 5.56 Å². The van der Waals surface area contributed by atoms with Gasteiger partial charge in [0.25, 0.3) is 0 Å². The van der Waals surface area contributed by atoms with Crippen LogP contribution in [0.1, 0.15) is 12.0 Å². The molecular weight excluding hydrogens is 216 g/mol. The highest BCUT2D eigenvalue weighted by Gasteiger charge is 2.40. The molecular formula is C13H18N2O2. The quantitative estimate of drug-likeness (QED) is 0.833. The normalized spacial score (nSPS) is 23.7. The van der Waals surface area contributed by atoms with Crippen LogP contribution in [0.3, 0.4) is 0 Å². The van der Waals surface area contributed by atoms with Crippen molar-refractivity contribution in [2.75, 3.05) is 25.2 Å². The first-order valence-electron chi connectivity index (χ1n) is 5.74. The van der Waals surface area contributed by atoms with Crippen LogP contribution in [0.5, 0.6) is 0 Å². The van der Waals surface area contributed by atoms with Crippen LogP contribution in [0.2, 0.25) is 0 Å². The Morgan fingerprint density at radius 2 is 2.06 bits per heavy atom. The third-order valence-electron chi connectivity index (χ3n) is 3.20. The Morgan fingerprint density at radius 3 is 2.59 bits per heavy atom. The van der Waals surface area contributed by atoms with Gasteiger partial charge >= 0.3 is 0 Å². The molecule has 1 aliphatic heterocycles. The van der Waals surface area contributed by atoms with Gasteiger partial charge in [-0.3, -0.25) is 4.79 Å². The molecule has 1 fully saturated rings. The lowest BCUT2D eigenvalue weighted by Crippen LogP contribution is -2.55. The van der Waals surface area contributed by atoms with Gasteiger partial charge in [-0.25, -0.2) is 0 Å². The predicted octanol–water partition coefficient (Wildman–Crippen LogP) is 1.08. The highest BCUT2D eigenvalue weighted by molar-refractivity contribution is 6.00. The van der Waals surface area contributed by atoms with E-state index in [9.17, 15) is 4.79 Å². The summed E-state index contributed by atoms with van der Waals surface area (Å²) in [6.07, 6.45) is 0.585. The fraction of sp³-hybridized carbons (Fsp3) is 0.462. The number of hydrogen-bond donors (Lipinski definition) is 1. The van der Waals surface area contributed by atoms with Gasteiger partial charge in [-0.15, -0.1) is 0 Å². The maximum absolute atomic E-state index is 12.3. The number of nitrogens with two attached hydrogens (primary N) is 1. The van der Waals surface area contributed by atoms with E-state index in [-0.39, 0.29) is 5.91 Å². The molecule has 1 aliphatic rings. The monoisotopic (exact) mass is 234 g/mol. The standard InChI is InChI=1S/C13H18N2O2/c1-10-3-5-11(6-4-10)15(2)12(16)13(14)7-8-17-9-13/h3-6H,7-9,14H2,1-2H3. The van der Waals surface area contributed by atoms with Gasteiger partial charge in [0.1, 0.15) is 5.54 Å². The topological polar surface area (TPSA) is 55.6 Å². The summed E-state index contributed by atoms with van der Waals surface area (Å²) >= 11 is 0. The third-order valence-corrected chi connectivity index (χ3v) is 3.20. The highest BCUT2D eigenvalue weighted by atomic mass is 16.5. The molecule has 1 aromatic carbocycles. The zero-order valence-corrected chi connectivity index (χ0v) is 10.3. The van der Waals surface area contributed by atoms with Crippen molar-refractivity contribution in [3.63, 3.8) is 0 Å². The Kier molecular flexibility index (Phi) is 3.17. The predicted molar refractivity (Wildman–Crippen MR) is 66.9 cm³/mol. The Labute approximate surface area is 101 Å². The molecule has 1 amide bonds. The van der Waals surface area contributed by atoms with Gasteiger partial charge in [0, 0.05) is 19.3 Å². The molecule has 2 N–H and O–H groups in total. The maximum Gasteiger partial charge on any atom is 0.249 e. The first-order valence-corrected chi connectivity index (χ1v) is 5.74. The summed E-state index contributed by atoms with van der Waals surface area (Å²) in [7, 11) is 1.75. The largest absolute Gasteiger partial charge is 0.379 e. The molecule has 0 radical (unpaired) electrons. The minimum absolute atomic E-state index is 0.0844. The Hall–Kier alpha value is -1.39. The number of rotatable bonds is 2. The van der Waals surface area contributed by atoms with Crippen molar-refractivity contribution in [1.29, 1.82) is 0 Å². The molecule has 92 valence electrons. The SMILES string of the molecule is Cc1ccc(N(C)C(=O)C2(N)CCOC2)cc1. The van der Waals surface area contributed by atoms with E-state index in [1.54, 1.807) is 11.9 Å². The molecule has 1 heterocycles. The van der Waals surface area contributed by atoms with Gasteiger partial charge in [-0.05, 0) is 25.5 Å². The average Bonchev–Trinajstić information content (AvgIpc) is 2.76. The van der Waals surface area contributed by atoms with E-state index < -0.39 is 5.54 Å². The number of benzene rings is 1. The summed E-state index contributed by atoms with van der Waals surface area (Å²) in [5.41, 5.74) is 7.22. The summed E-state index contributed by atoms with van der Waals surface area (Å²) in [5.74, 6) is -0.0844. The number of likely N-dealkylation sites (N-methyl/N-ethyl adjacent to an activating group) is 1. The molecule has 0 saturated carbocycles. The second-order valence-corrected chi connectivity index (χ2v) is 4.66. The number of aryl methyl sites for hydroxylation is 1. The van der Waals surface area contributed by atoms with Crippen LogP contribution in [0.4, 0.5) is 5.69 Å². The van der Waals surface area contributed by atoms with E-state index in [2.05, 4.69) is 0 Å². The third kappa shape index (κ3) is 2.33. The molecule has 0 aromatic heterocycles. The number of ether oxygens (including phenoxy) is 1. The molecule has 1 aromatic rings. The summed E-state index contributed by atoms with van der Waals surface area (Å²) < 4.78 is 5.21. The highest BCUT2D eigenvalue weighted by Crippen LogP contribution is 2.22. The van der Waals surface area contributed by atoms with Crippen LogP contribution in [-0.2, 0) is 9.53 Å². The van der Waals surface area contributed by atoms with Gasteiger partial charge in [0.05, 0.1) is 6.61 Å². The molecule has 1 unspecified atom stereocenters. The van der Waals surface area contributed by atoms with Crippen molar-refractivity contribution >= 4 is 11.6 Å². The van der Waals surface area contributed by atoms with Crippen molar-refractivity contribution in [2.45, 2.75) is 18.9 Å². The minimum Gasteiger partial charge on any atom is -0.379 e. The fourth-order valence-corrected chi connectivity index (χ4v) is 1.97. The number of anilines is 1. The van der Waals surface area contributed by atoms with Crippen molar-refractivity contribution in [1.82, 2.24) is 0 Å². The average molecular weight is 234 g/mol. The molecule has 0 aliphatic carbocycles. The number of carbonyl (C=O) groups excluding carboxylic acids is 1. The molecule has 17 heavy (non-hydrogen) atoms. The lowest BCUT2D eigenvalue weighted by molar-refractivity contribution is -0.123. The van der Waals surface area contributed by atoms with E-state index in [0.717, 1.165) is 5.69 Å². The minimum atomic E-state index is -0.861. The first-order chi connectivity index (χ1) is 8.03. The number of carbonyl (C=O) groups is 1. The first kappa shape index (κ1) is 12.1. The zero-order chi connectivity index (χ0) is 12.5. The molecule has 2 rings (SSSR count). The lowest BCUT2D eigenvalue weighted by atomic mass is 9.98. The van der Waals surface area contributed by atoms with Gasteiger partial charge in [0.2, 0.25) is 5.91 Å². The Balaban J connectivity index is 2.17. The fourth-order valence-electron chi connectivity index (χ4n) is 1.97. The Morgan fingerprint density at radius 1 is 1.41 bits per heavy atom. The summed E-state index contributed by atoms with van der Waals surface area (Å²) in [4.78, 5) is 13.9.